The van der Waals surface area contributed by atoms with Crippen molar-refractivity contribution in [3.05, 3.63) is 50.9 Å². The summed E-state index contributed by atoms with van der Waals surface area (Å²) < 4.78 is 25.9. The number of aliphatic hydroxyl groups is 1. The molecule has 2 N–H and O–H groups in total. The van der Waals surface area contributed by atoms with Crippen LogP contribution in [0.15, 0.2) is 28.0 Å². The summed E-state index contributed by atoms with van der Waals surface area (Å²) in [5.41, 5.74) is 1.45. The Kier molecular flexibility index (Phi) is 3.35. The summed E-state index contributed by atoms with van der Waals surface area (Å²) in [6.07, 6.45) is 0.381. The monoisotopic (exact) mass is 336 g/mol. The molecule has 7 heteroatoms. The number of rotatable bonds is 2. The van der Waals surface area contributed by atoms with Crippen LogP contribution in [0.5, 0.6) is 0 Å². The van der Waals surface area contributed by atoms with Crippen molar-refractivity contribution in [2.75, 3.05) is 5.75 Å². The van der Waals surface area contributed by atoms with Crippen molar-refractivity contribution < 1.29 is 13.5 Å². The van der Waals surface area contributed by atoms with Gasteiger partial charge in [0.05, 0.1) is 16.2 Å². The van der Waals surface area contributed by atoms with Crippen molar-refractivity contribution in [1.82, 2.24) is 9.78 Å². The summed E-state index contributed by atoms with van der Waals surface area (Å²) >= 11 is 0. The van der Waals surface area contributed by atoms with Gasteiger partial charge in [0.15, 0.2) is 9.84 Å². The molecular weight excluding hydrogens is 316 g/mol. The number of benzene rings is 1. The van der Waals surface area contributed by atoms with Gasteiger partial charge in [0.1, 0.15) is 6.10 Å². The molecule has 0 spiro atoms. The molecule has 1 aromatic carbocycles. The Morgan fingerprint density at radius 2 is 1.96 bits per heavy atom. The number of sulfone groups is 1. The fourth-order valence-electron chi connectivity index (χ4n) is 3.57. The molecule has 0 radical (unpaired) electrons. The molecule has 1 atom stereocenters. The molecule has 0 fully saturated rings. The second-order valence-electron chi connectivity index (χ2n) is 6.79. The summed E-state index contributed by atoms with van der Waals surface area (Å²) in [7, 11) is -1.73. The van der Waals surface area contributed by atoms with E-state index in [0.29, 0.717) is 10.5 Å². The van der Waals surface area contributed by atoms with Crippen LogP contribution < -0.4 is 5.56 Å². The highest BCUT2D eigenvalue weighted by Crippen LogP contribution is 2.43. The highest BCUT2D eigenvalue weighted by molar-refractivity contribution is 7.91. The van der Waals surface area contributed by atoms with E-state index in [0.717, 1.165) is 11.1 Å². The minimum Gasteiger partial charge on any atom is -0.383 e. The molecule has 6 nitrogen and oxygen atoms in total. The van der Waals surface area contributed by atoms with Crippen molar-refractivity contribution in [3.8, 4) is 0 Å². The molecule has 0 saturated heterocycles. The molecule has 0 saturated carbocycles. The second-order valence-corrected chi connectivity index (χ2v) is 8.75. The molecule has 0 bridgehead atoms. The smallest absolute Gasteiger partial charge is 0.272 e. The van der Waals surface area contributed by atoms with Crippen LogP contribution in [-0.4, -0.2) is 29.1 Å². The number of H-pyrrole nitrogens is 1. The Morgan fingerprint density at radius 3 is 2.52 bits per heavy atom. The van der Waals surface area contributed by atoms with E-state index in [9.17, 15) is 18.3 Å². The van der Waals surface area contributed by atoms with Crippen LogP contribution in [0, 0.1) is 6.92 Å². The van der Waals surface area contributed by atoms with E-state index in [1.165, 1.54) is 10.9 Å². The molecule has 23 heavy (non-hydrogen) atoms. The van der Waals surface area contributed by atoms with E-state index in [2.05, 4.69) is 5.10 Å². The van der Waals surface area contributed by atoms with Gasteiger partial charge in [0.25, 0.3) is 5.56 Å². The van der Waals surface area contributed by atoms with Crippen LogP contribution in [0.4, 0.5) is 0 Å². The molecule has 2 aromatic rings. The van der Waals surface area contributed by atoms with Gasteiger partial charge in [0.2, 0.25) is 0 Å². The van der Waals surface area contributed by atoms with Crippen LogP contribution in [0.2, 0.25) is 0 Å². The summed E-state index contributed by atoms with van der Waals surface area (Å²) in [4.78, 5) is 12.4. The van der Waals surface area contributed by atoms with E-state index in [1.807, 2.05) is 13.8 Å². The van der Waals surface area contributed by atoms with E-state index >= 15 is 0 Å². The quantitative estimate of drug-likeness (QED) is 0.861. The fourth-order valence-corrected chi connectivity index (χ4v) is 5.83. The number of aromatic amines is 1. The van der Waals surface area contributed by atoms with Crippen LogP contribution in [0.25, 0.3) is 0 Å². The molecular formula is C16H20N2O4S. The summed E-state index contributed by atoms with van der Waals surface area (Å²) in [5.74, 6) is 0.0572. The predicted molar refractivity (Wildman–Crippen MR) is 86.4 cm³/mol. The zero-order valence-electron chi connectivity index (χ0n) is 13.5. The average Bonchev–Trinajstić information content (AvgIpc) is 2.85. The Balaban J connectivity index is 2.22. The lowest BCUT2D eigenvalue weighted by Gasteiger charge is -2.22. The van der Waals surface area contributed by atoms with Gasteiger partial charge >= 0.3 is 0 Å². The number of aliphatic hydroxyl groups excluding tert-OH is 1. The van der Waals surface area contributed by atoms with Crippen LogP contribution in [-0.2, 0) is 22.3 Å². The molecule has 1 unspecified atom stereocenters. The Bertz CT molecular complexity index is 951. The van der Waals surface area contributed by atoms with Gasteiger partial charge in [-0.15, -0.1) is 0 Å². The van der Waals surface area contributed by atoms with Crippen molar-refractivity contribution in [2.24, 2.45) is 7.05 Å². The average molecular weight is 336 g/mol. The van der Waals surface area contributed by atoms with Gasteiger partial charge in [-0.1, -0.05) is 19.9 Å². The third kappa shape index (κ3) is 2.26. The van der Waals surface area contributed by atoms with Gasteiger partial charge < -0.3 is 10.2 Å². The topological polar surface area (TPSA) is 92.2 Å². The Labute approximate surface area is 134 Å². The van der Waals surface area contributed by atoms with Gasteiger partial charge in [-0.25, -0.2) is 8.42 Å². The highest BCUT2D eigenvalue weighted by Gasteiger charge is 2.42. The lowest BCUT2D eigenvalue weighted by Crippen LogP contribution is -2.22. The van der Waals surface area contributed by atoms with Crippen molar-refractivity contribution in [1.29, 1.82) is 0 Å². The third-order valence-electron chi connectivity index (χ3n) is 4.59. The Morgan fingerprint density at radius 1 is 1.30 bits per heavy atom. The van der Waals surface area contributed by atoms with Gasteiger partial charge in [0, 0.05) is 18.7 Å². The van der Waals surface area contributed by atoms with Crippen molar-refractivity contribution in [3.63, 3.8) is 0 Å². The van der Waals surface area contributed by atoms with Gasteiger partial charge in [-0.3, -0.25) is 9.48 Å². The molecule has 1 aliphatic heterocycles. The van der Waals surface area contributed by atoms with Crippen molar-refractivity contribution in [2.45, 2.75) is 37.2 Å². The molecule has 2 heterocycles. The number of nitrogens with zero attached hydrogens (tertiary/aromatic N) is 1. The van der Waals surface area contributed by atoms with Gasteiger partial charge in [-0.2, -0.15) is 0 Å². The molecule has 3 rings (SSSR count). The van der Waals surface area contributed by atoms with E-state index in [4.69, 9.17) is 0 Å². The van der Waals surface area contributed by atoms with E-state index in [1.54, 1.807) is 26.1 Å². The largest absolute Gasteiger partial charge is 0.383 e. The molecule has 124 valence electrons. The molecule has 0 aliphatic carbocycles. The minimum absolute atomic E-state index is 0.0572. The predicted octanol–water partition coefficient (Wildman–Crippen LogP) is 1.17. The number of hydrogen-bond donors (Lipinski definition) is 2. The minimum atomic E-state index is -3.30. The fraction of sp³-hybridized carbons (Fsp3) is 0.438. The van der Waals surface area contributed by atoms with Crippen molar-refractivity contribution >= 4 is 9.84 Å². The molecule has 1 aliphatic rings. The van der Waals surface area contributed by atoms with Gasteiger partial charge in [-0.05, 0) is 29.7 Å². The van der Waals surface area contributed by atoms with Crippen LogP contribution in [0.1, 0.15) is 42.2 Å². The maximum Gasteiger partial charge on any atom is 0.272 e. The lowest BCUT2D eigenvalue weighted by molar-refractivity contribution is 0.218. The third-order valence-corrected chi connectivity index (χ3v) is 6.70. The standard InChI is InChI=1S/C16H20N2O4S/c1-9-10(14(19)11-7-17-18(4)15(11)20)5-6-12-13(9)16(2,3)8-23(12,21)22/h5-7,14,17,19H,8H2,1-4H3. The lowest BCUT2D eigenvalue weighted by atomic mass is 9.81. The Hall–Kier alpha value is -1.86. The normalized spacial score (nSPS) is 19.5. The number of fused-ring (bicyclic) bond motifs is 1. The van der Waals surface area contributed by atoms with E-state index in [-0.39, 0.29) is 16.9 Å². The summed E-state index contributed by atoms with van der Waals surface area (Å²) in [6.45, 7) is 5.57. The number of aryl methyl sites for hydroxylation is 1. The maximum absolute atomic E-state index is 12.3. The zero-order valence-corrected chi connectivity index (χ0v) is 14.4. The maximum atomic E-state index is 12.3. The molecule has 1 aromatic heterocycles. The summed E-state index contributed by atoms with van der Waals surface area (Å²) in [6, 6.07) is 3.15. The first-order chi connectivity index (χ1) is 10.6. The first kappa shape index (κ1) is 16.0. The number of hydrogen-bond acceptors (Lipinski definition) is 4. The second kappa shape index (κ2) is 4.82. The zero-order chi connectivity index (χ0) is 17.2. The first-order valence-electron chi connectivity index (χ1n) is 7.35. The SMILES string of the molecule is Cc1c(C(O)c2c[nH]n(C)c2=O)ccc2c1C(C)(C)CS2(=O)=O. The molecule has 0 amide bonds. The number of nitrogens with one attached hydrogen (secondary N) is 1. The van der Waals surface area contributed by atoms with Crippen LogP contribution >= 0.6 is 0 Å². The summed E-state index contributed by atoms with van der Waals surface area (Å²) in [5, 5.41) is 13.4. The van der Waals surface area contributed by atoms with E-state index < -0.39 is 21.4 Å². The van der Waals surface area contributed by atoms with Crippen LogP contribution in [0.3, 0.4) is 0 Å². The number of aromatic nitrogens is 2. The highest BCUT2D eigenvalue weighted by atomic mass is 32.2. The first-order valence-corrected chi connectivity index (χ1v) is 9.00.